The van der Waals surface area contributed by atoms with E-state index >= 15 is 8.78 Å². The number of hydrogen-bond donors (Lipinski definition) is 0. The van der Waals surface area contributed by atoms with Crippen LogP contribution in [-0.4, -0.2) is 19.3 Å². The lowest BCUT2D eigenvalue weighted by Gasteiger charge is -2.21. The molecule has 0 unspecified atom stereocenters. The van der Waals surface area contributed by atoms with Gasteiger partial charge in [-0.3, -0.25) is 14.1 Å². The summed E-state index contributed by atoms with van der Waals surface area (Å²) in [6.07, 6.45) is 5.21. The van der Waals surface area contributed by atoms with Crippen LogP contribution in [0.2, 0.25) is 0 Å². The van der Waals surface area contributed by atoms with Crippen molar-refractivity contribution in [1.82, 2.24) is 19.3 Å². The van der Waals surface area contributed by atoms with Crippen molar-refractivity contribution in [1.29, 1.82) is 0 Å². The number of aryl methyl sites for hydroxylation is 1. The van der Waals surface area contributed by atoms with Crippen LogP contribution in [0.5, 0.6) is 0 Å². The van der Waals surface area contributed by atoms with E-state index in [0.29, 0.717) is 11.6 Å². The lowest BCUT2D eigenvalue weighted by atomic mass is 10.1. The van der Waals surface area contributed by atoms with Crippen molar-refractivity contribution >= 4 is 11.6 Å². The van der Waals surface area contributed by atoms with Crippen molar-refractivity contribution in [3.05, 3.63) is 96.0 Å². The third-order valence-corrected chi connectivity index (χ3v) is 6.24. The van der Waals surface area contributed by atoms with E-state index < -0.39 is 17.2 Å². The van der Waals surface area contributed by atoms with Crippen LogP contribution >= 0.6 is 0 Å². The summed E-state index contributed by atoms with van der Waals surface area (Å²) in [5, 5.41) is 4.48. The Labute approximate surface area is 189 Å². The maximum atomic E-state index is 15.3. The summed E-state index contributed by atoms with van der Waals surface area (Å²) in [5.74, 6) is 4.81. The molecule has 1 saturated carbocycles. The molecule has 0 N–H and O–H groups in total. The van der Waals surface area contributed by atoms with Crippen LogP contribution in [0, 0.1) is 23.5 Å². The van der Waals surface area contributed by atoms with Gasteiger partial charge in [-0.25, -0.2) is 13.8 Å². The lowest BCUT2D eigenvalue weighted by Crippen LogP contribution is -2.20. The molecule has 6 rings (SSSR count). The highest BCUT2D eigenvalue weighted by atomic mass is 19.1. The summed E-state index contributed by atoms with van der Waals surface area (Å²) >= 11 is 0. The highest BCUT2D eigenvalue weighted by Crippen LogP contribution is 2.60. The van der Waals surface area contributed by atoms with Gasteiger partial charge in [0, 0.05) is 30.1 Å². The van der Waals surface area contributed by atoms with E-state index in [1.165, 1.54) is 17.0 Å². The molecule has 0 bridgehead atoms. The lowest BCUT2D eigenvalue weighted by molar-refractivity contribution is 0.580. The van der Waals surface area contributed by atoms with E-state index in [0.717, 1.165) is 29.8 Å². The van der Waals surface area contributed by atoms with E-state index in [1.54, 1.807) is 10.9 Å². The number of aromatic nitrogens is 4. The molecule has 2 aromatic carbocycles. The molecule has 7 heteroatoms. The largest absolute Gasteiger partial charge is 0.296 e. The predicted molar refractivity (Wildman–Crippen MR) is 122 cm³/mol. The molecule has 3 heterocycles. The summed E-state index contributed by atoms with van der Waals surface area (Å²) < 4.78 is 34.4. The first-order valence-corrected chi connectivity index (χ1v) is 10.6. The minimum Gasteiger partial charge on any atom is -0.296 e. The zero-order valence-corrected chi connectivity index (χ0v) is 17.9. The first-order valence-electron chi connectivity index (χ1n) is 10.6. The second-order valence-electron chi connectivity index (χ2n) is 8.37. The molecule has 2 aliphatic rings. The predicted octanol–water partition coefficient (Wildman–Crippen LogP) is 5.12. The fourth-order valence-corrected chi connectivity index (χ4v) is 4.49. The van der Waals surface area contributed by atoms with E-state index in [-0.39, 0.29) is 11.3 Å². The Morgan fingerprint density at radius 2 is 1.70 bits per heavy atom. The number of anilines is 2. The van der Waals surface area contributed by atoms with Crippen LogP contribution in [0.4, 0.5) is 20.4 Å². The molecule has 0 atom stereocenters. The number of halogens is 2. The Kier molecular flexibility index (Phi) is 4.08. The van der Waals surface area contributed by atoms with Crippen molar-refractivity contribution in [3.63, 3.8) is 0 Å². The third kappa shape index (κ3) is 2.91. The number of fused-ring (bicyclic) bond motifs is 2. The molecule has 33 heavy (non-hydrogen) atoms. The summed E-state index contributed by atoms with van der Waals surface area (Å²) in [6.45, 7) is 4.21. The zero-order chi connectivity index (χ0) is 22.7. The van der Waals surface area contributed by atoms with Gasteiger partial charge in [0.25, 0.3) is 0 Å². The number of allylic oxidation sites excluding steroid dienone is 1. The molecule has 1 aliphatic heterocycles. The van der Waals surface area contributed by atoms with Crippen molar-refractivity contribution in [2.45, 2.75) is 18.4 Å². The van der Waals surface area contributed by atoms with Crippen LogP contribution in [-0.2, 0) is 12.6 Å². The van der Waals surface area contributed by atoms with Crippen LogP contribution < -0.4 is 4.90 Å². The number of benzene rings is 2. The quantitative estimate of drug-likeness (QED) is 0.407. The first-order chi connectivity index (χ1) is 16.0. The molecule has 162 valence electrons. The Hall–Kier alpha value is -4.18. The second-order valence-corrected chi connectivity index (χ2v) is 8.37. The normalized spacial score (nSPS) is 15.5. The highest BCUT2D eigenvalue weighted by molar-refractivity contribution is 5.75. The Morgan fingerprint density at radius 1 is 1.00 bits per heavy atom. The average Bonchev–Trinajstić information content (AvgIpc) is 3.20. The summed E-state index contributed by atoms with van der Waals surface area (Å²) in [4.78, 5) is 6.02. The highest BCUT2D eigenvalue weighted by Gasteiger charge is 2.58. The third-order valence-electron chi connectivity index (χ3n) is 6.24. The SMILES string of the molecule is C=C1N(c2c(F)cc(C#Cc3ccccc3)cc2F)c2ncc(-c3ccn(C)n3)n2C12CC2. The molecule has 0 amide bonds. The molecular formula is C26H19F2N5. The van der Waals surface area contributed by atoms with E-state index in [2.05, 4.69) is 28.5 Å². The fraction of sp³-hybridized carbons (Fsp3) is 0.154. The fourth-order valence-electron chi connectivity index (χ4n) is 4.49. The molecular weight excluding hydrogens is 420 g/mol. The van der Waals surface area contributed by atoms with Crippen molar-refractivity contribution in [3.8, 4) is 23.2 Å². The first kappa shape index (κ1) is 19.5. The van der Waals surface area contributed by atoms with Gasteiger partial charge in [0.1, 0.15) is 11.4 Å². The van der Waals surface area contributed by atoms with Gasteiger partial charge in [0.2, 0.25) is 5.95 Å². The molecule has 0 radical (unpaired) electrons. The molecule has 1 aliphatic carbocycles. The molecule has 1 spiro atoms. The maximum absolute atomic E-state index is 15.3. The van der Waals surface area contributed by atoms with Gasteiger partial charge < -0.3 is 0 Å². The smallest absolute Gasteiger partial charge is 0.216 e. The monoisotopic (exact) mass is 439 g/mol. The summed E-state index contributed by atoms with van der Waals surface area (Å²) in [6, 6.07) is 13.7. The number of nitrogens with zero attached hydrogens (tertiary/aromatic N) is 5. The molecule has 1 fully saturated rings. The van der Waals surface area contributed by atoms with Gasteiger partial charge in [-0.2, -0.15) is 5.10 Å². The molecule has 2 aromatic heterocycles. The molecule has 0 saturated heterocycles. The number of rotatable bonds is 2. The van der Waals surface area contributed by atoms with Gasteiger partial charge in [0.15, 0.2) is 11.6 Å². The number of imidazole rings is 1. The zero-order valence-electron chi connectivity index (χ0n) is 17.9. The average molecular weight is 439 g/mol. The van der Waals surface area contributed by atoms with Crippen LogP contribution in [0.1, 0.15) is 24.0 Å². The Balaban J connectivity index is 1.43. The van der Waals surface area contributed by atoms with Crippen LogP contribution in [0.3, 0.4) is 0 Å². The number of hydrogen-bond acceptors (Lipinski definition) is 3. The Morgan fingerprint density at radius 3 is 2.33 bits per heavy atom. The minimum atomic E-state index is -0.708. The van der Waals surface area contributed by atoms with E-state index in [4.69, 9.17) is 0 Å². The van der Waals surface area contributed by atoms with E-state index in [1.807, 2.05) is 54.2 Å². The standard InChI is InChI=1S/C26H19F2N5/c1-17-26(11-12-26)33-23(22-10-13-31(2)30-22)16-29-25(33)32(17)24-20(27)14-19(15-21(24)28)9-8-18-6-4-3-5-7-18/h3-7,10,13-16H,1,11-12H2,2H3. The van der Waals surface area contributed by atoms with Crippen molar-refractivity contribution < 1.29 is 8.78 Å². The van der Waals surface area contributed by atoms with Crippen LogP contribution in [0.15, 0.2) is 73.2 Å². The summed E-state index contributed by atoms with van der Waals surface area (Å²) in [7, 11) is 1.84. The van der Waals surface area contributed by atoms with Gasteiger partial charge >= 0.3 is 0 Å². The van der Waals surface area contributed by atoms with E-state index in [9.17, 15) is 0 Å². The summed E-state index contributed by atoms with van der Waals surface area (Å²) in [5.41, 5.74) is 2.60. The van der Waals surface area contributed by atoms with Gasteiger partial charge in [-0.05, 0) is 43.2 Å². The van der Waals surface area contributed by atoms with Gasteiger partial charge in [-0.1, -0.05) is 36.6 Å². The van der Waals surface area contributed by atoms with Gasteiger partial charge in [-0.15, -0.1) is 0 Å². The van der Waals surface area contributed by atoms with Crippen molar-refractivity contribution in [2.75, 3.05) is 4.90 Å². The van der Waals surface area contributed by atoms with Gasteiger partial charge in [0.05, 0.1) is 17.4 Å². The Bertz CT molecular complexity index is 1460. The molecule has 5 nitrogen and oxygen atoms in total. The second kappa shape index (κ2) is 6.91. The van der Waals surface area contributed by atoms with Crippen molar-refractivity contribution in [2.24, 2.45) is 7.05 Å². The topological polar surface area (TPSA) is 38.9 Å². The maximum Gasteiger partial charge on any atom is 0.216 e. The van der Waals surface area contributed by atoms with Crippen LogP contribution in [0.25, 0.3) is 11.4 Å². The minimum absolute atomic E-state index is 0.187. The molecule has 4 aromatic rings.